The first-order chi connectivity index (χ1) is 10.3. The lowest BCUT2D eigenvalue weighted by Crippen LogP contribution is -2.32. The van der Waals surface area contributed by atoms with E-state index in [9.17, 15) is 17.6 Å². The fourth-order valence-corrected chi connectivity index (χ4v) is 3.92. The third kappa shape index (κ3) is 4.25. The Balaban J connectivity index is 2.00. The predicted molar refractivity (Wildman–Crippen MR) is 77.3 cm³/mol. The van der Waals surface area contributed by atoms with Crippen LogP contribution in [0.15, 0.2) is 18.2 Å². The Hall–Kier alpha value is -1.51. The van der Waals surface area contributed by atoms with Crippen molar-refractivity contribution < 1.29 is 27.4 Å². The lowest BCUT2D eigenvalue weighted by atomic mass is 10.2. The summed E-state index contributed by atoms with van der Waals surface area (Å²) in [7, 11) is -3.65. The van der Waals surface area contributed by atoms with Gasteiger partial charge in [0.05, 0.1) is 11.9 Å². The molecule has 22 heavy (non-hydrogen) atoms. The summed E-state index contributed by atoms with van der Waals surface area (Å²) in [6.07, 6.45) is -0.00293. The van der Waals surface area contributed by atoms with E-state index in [1.165, 1.54) is 16.4 Å². The molecule has 0 aromatic heterocycles. The Morgan fingerprint density at radius 1 is 1.50 bits per heavy atom. The number of carboxylic acids is 1. The minimum Gasteiger partial charge on any atom is -0.480 e. The summed E-state index contributed by atoms with van der Waals surface area (Å²) >= 11 is 0. The molecule has 1 N–H and O–H groups in total. The van der Waals surface area contributed by atoms with Gasteiger partial charge in [-0.1, -0.05) is 12.1 Å². The summed E-state index contributed by atoms with van der Waals surface area (Å²) in [6, 6.07) is 4.43. The smallest absolute Gasteiger partial charge is 0.329 e. The maximum atomic E-state index is 13.8. The molecular formula is C14H18FNO5S. The highest BCUT2D eigenvalue weighted by Gasteiger charge is 2.32. The van der Waals surface area contributed by atoms with Crippen molar-refractivity contribution in [3.8, 4) is 0 Å². The fourth-order valence-electron chi connectivity index (χ4n) is 2.33. The molecule has 1 atom stereocenters. The van der Waals surface area contributed by atoms with E-state index in [4.69, 9.17) is 9.84 Å². The number of rotatable bonds is 6. The summed E-state index contributed by atoms with van der Waals surface area (Å²) in [5, 5.41) is 8.55. The highest BCUT2D eigenvalue weighted by molar-refractivity contribution is 7.88. The van der Waals surface area contributed by atoms with Crippen molar-refractivity contribution in [1.29, 1.82) is 0 Å². The van der Waals surface area contributed by atoms with Crippen LogP contribution in [0.2, 0.25) is 0 Å². The van der Waals surface area contributed by atoms with Crippen LogP contribution in [0.3, 0.4) is 0 Å². The topological polar surface area (TPSA) is 83.9 Å². The molecule has 1 aromatic rings. The molecule has 0 amide bonds. The predicted octanol–water partition coefficient (Wildman–Crippen LogP) is 1.14. The van der Waals surface area contributed by atoms with Gasteiger partial charge in [0.15, 0.2) is 0 Å². The quantitative estimate of drug-likeness (QED) is 0.845. The number of carbonyl (C=O) groups is 1. The van der Waals surface area contributed by atoms with Crippen LogP contribution in [0, 0.1) is 12.7 Å². The van der Waals surface area contributed by atoms with E-state index in [1.807, 2.05) is 0 Å². The van der Waals surface area contributed by atoms with Gasteiger partial charge >= 0.3 is 5.97 Å². The molecule has 1 aliphatic heterocycles. The van der Waals surface area contributed by atoms with Crippen LogP contribution in [0.25, 0.3) is 0 Å². The first-order valence-corrected chi connectivity index (χ1v) is 8.45. The average Bonchev–Trinajstić information content (AvgIpc) is 2.89. The van der Waals surface area contributed by atoms with Crippen molar-refractivity contribution in [2.45, 2.75) is 25.2 Å². The Labute approximate surface area is 128 Å². The number of benzene rings is 1. The minimum atomic E-state index is -3.65. The average molecular weight is 331 g/mol. The largest absolute Gasteiger partial charge is 0.480 e. The van der Waals surface area contributed by atoms with E-state index in [1.54, 1.807) is 13.0 Å². The van der Waals surface area contributed by atoms with Gasteiger partial charge in [0.1, 0.15) is 12.4 Å². The number of aryl methyl sites for hydroxylation is 1. The van der Waals surface area contributed by atoms with E-state index >= 15 is 0 Å². The molecule has 0 saturated carbocycles. The van der Waals surface area contributed by atoms with Gasteiger partial charge in [0, 0.05) is 18.7 Å². The Morgan fingerprint density at radius 3 is 2.86 bits per heavy atom. The molecule has 1 aromatic carbocycles. The monoisotopic (exact) mass is 331 g/mol. The zero-order valence-electron chi connectivity index (χ0n) is 12.2. The van der Waals surface area contributed by atoms with Gasteiger partial charge in [-0.15, -0.1) is 0 Å². The molecule has 1 heterocycles. The zero-order chi connectivity index (χ0) is 16.3. The molecule has 0 spiro atoms. The van der Waals surface area contributed by atoms with Crippen molar-refractivity contribution in [3.63, 3.8) is 0 Å². The van der Waals surface area contributed by atoms with Crippen molar-refractivity contribution in [1.82, 2.24) is 4.31 Å². The van der Waals surface area contributed by atoms with Gasteiger partial charge in [-0.25, -0.2) is 17.6 Å². The molecule has 6 nitrogen and oxygen atoms in total. The van der Waals surface area contributed by atoms with E-state index < -0.39 is 40.3 Å². The lowest BCUT2D eigenvalue weighted by Gasteiger charge is -2.17. The summed E-state index contributed by atoms with van der Waals surface area (Å²) in [5.41, 5.74) is 0.849. The number of hydrogen-bond donors (Lipinski definition) is 1. The number of hydrogen-bond acceptors (Lipinski definition) is 4. The van der Waals surface area contributed by atoms with Gasteiger partial charge in [0.2, 0.25) is 10.0 Å². The zero-order valence-corrected chi connectivity index (χ0v) is 13.0. The van der Waals surface area contributed by atoms with Gasteiger partial charge in [-0.2, -0.15) is 4.31 Å². The second kappa shape index (κ2) is 6.72. The third-order valence-electron chi connectivity index (χ3n) is 3.49. The maximum Gasteiger partial charge on any atom is 0.329 e. The van der Waals surface area contributed by atoms with Crippen molar-refractivity contribution >= 4 is 16.0 Å². The molecule has 0 aliphatic carbocycles. The second-order valence-electron chi connectivity index (χ2n) is 5.32. The van der Waals surface area contributed by atoms with Crippen molar-refractivity contribution in [2.75, 3.05) is 19.7 Å². The minimum absolute atomic E-state index is 0.100. The van der Waals surface area contributed by atoms with Crippen LogP contribution < -0.4 is 0 Å². The molecule has 122 valence electrons. The van der Waals surface area contributed by atoms with E-state index in [2.05, 4.69) is 0 Å². The highest BCUT2D eigenvalue weighted by Crippen LogP contribution is 2.21. The Bertz CT molecular complexity index is 661. The SMILES string of the molecule is Cc1ccc(CS(=O)(=O)N2CC[C@H](OCC(=O)O)C2)c(F)c1. The number of sulfonamides is 1. The standard InChI is InChI=1S/C14H18FNO5S/c1-10-2-3-11(13(15)6-10)9-22(19,20)16-5-4-12(7-16)21-8-14(17)18/h2-3,6,12H,4-5,7-9H2,1H3,(H,17,18)/t12-/m0/s1. The molecule has 2 rings (SSSR count). The van der Waals surface area contributed by atoms with Gasteiger partial charge in [-0.3, -0.25) is 0 Å². The number of carboxylic acid groups (broad SMARTS) is 1. The van der Waals surface area contributed by atoms with Crippen LogP contribution in [-0.2, 0) is 25.3 Å². The molecule has 1 fully saturated rings. The van der Waals surface area contributed by atoms with Crippen LogP contribution in [0.5, 0.6) is 0 Å². The van der Waals surface area contributed by atoms with Crippen molar-refractivity contribution in [3.05, 3.63) is 35.1 Å². The Kier molecular flexibility index (Phi) is 5.15. The molecule has 0 bridgehead atoms. The van der Waals surface area contributed by atoms with E-state index in [-0.39, 0.29) is 18.7 Å². The highest BCUT2D eigenvalue weighted by atomic mass is 32.2. The second-order valence-corrected chi connectivity index (χ2v) is 7.29. The number of aliphatic carboxylic acids is 1. The fraction of sp³-hybridized carbons (Fsp3) is 0.500. The molecule has 0 radical (unpaired) electrons. The first-order valence-electron chi connectivity index (χ1n) is 6.84. The Morgan fingerprint density at radius 2 is 2.23 bits per heavy atom. The summed E-state index contributed by atoms with van der Waals surface area (Å²) < 4.78 is 44.7. The molecule has 1 aliphatic rings. The van der Waals surface area contributed by atoms with Gasteiger partial charge in [0.25, 0.3) is 0 Å². The van der Waals surface area contributed by atoms with Crippen LogP contribution in [0.4, 0.5) is 4.39 Å². The van der Waals surface area contributed by atoms with E-state index in [0.717, 1.165) is 5.56 Å². The van der Waals surface area contributed by atoms with Gasteiger partial charge < -0.3 is 9.84 Å². The number of ether oxygens (including phenoxy) is 1. The lowest BCUT2D eigenvalue weighted by molar-refractivity contribution is -0.144. The molecule has 0 unspecified atom stereocenters. The summed E-state index contributed by atoms with van der Waals surface area (Å²) in [4.78, 5) is 10.4. The third-order valence-corrected chi connectivity index (χ3v) is 5.28. The molecular weight excluding hydrogens is 313 g/mol. The molecule has 8 heteroatoms. The number of nitrogens with zero attached hydrogens (tertiary/aromatic N) is 1. The van der Waals surface area contributed by atoms with Crippen LogP contribution in [0.1, 0.15) is 17.5 Å². The summed E-state index contributed by atoms with van der Waals surface area (Å²) in [6.45, 7) is 1.63. The first kappa shape index (κ1) is 16.9. The summed E-state index contributed by atoms with van der Waals surface area (Å²) in [5.74, 6) is -2.05. The normalized spacial score (nSPS) is 19.5. The molecule has 1 saturated heterocycles. The van der Waals surface area contributed by atoms with Crippen LogP contribution >= 0.6 is 0 Å². The van der Waals surface area contributed by atoms with Crippen LogP contribution in [-0.4, -0.2) is 49.6 Å². The van der Waals surface area contributed by atoms with E-state index in [0.29, 0.717) is 6.42 Å². The van der Waals surface area contributed by atoms with Gasteiger partial charge in [-0.05, 0) is 25.0 Å². The number of halogens is 1. The maximum absolute atomic E-state index is 13.8. The van der Waals surface area contributed by atoms with Crippen molar-refractivity contribution in [2.24, 2.45) is 0 Å².